The number of aromatic amines is 1. The number of carbonyl (C=O) groups is 2. The van der Waals surface area contributed by atoms with Crippen LogP contribution in [0.5, 0.6) is 0 Å². The van der Waals surface area contributed by atoms with Crippen LogP contribution in [0.15, 0.2) is 12.1 Å². The van der Waals surface area contributed by atoms with Crippen molar-refractivity contribution in [3.63, 3.8) is 0 Å². The van der Waals surface area contributed by atoms with Crippen molar-refractivity contribution in [2.24, 2.45) is 5.73 Å². The number of carbonyl (C=O) groups excluding carboxylic acids is 2. The van der Waals surface area contributed by atoms with Crippen LogP contribution in [0.1, 0.15) is 34.5 Å². The van der Waals surface area contributed by atoms with Crippen molar-refractivity contribution in [2.75, 3.05) is 26.2 Å². The van der Waals surface area contributed by atoms with Gasteiger partial charge in [0.05, 0.1) is 11.9 Å². The van der Waals surface area contributed by atoms with Gasteiger partial charge in [-0.1, -0.05) is 6.07 Å². The van der Waals surface area contributed by atoms with Crippen LogP contribution < -0.4 is 5.73 Å². The van der Waals surface area contributed by atoms with Gasteiger partial charge in [0, 0.05) is 25.0 Å². The SMILES string of the molecule is NC(=O)c1n[nH]c2ccc3c(c12)CN(CCN1CCCC1)C(=O)[CH]C3. The summed E-state index contributed by atoms with van der Waals surface area (Å²) in [5.41, 5.74) is 8.54. The molecule has 4 rings (SSSR count). The molecule has 2 aliphatic heterocycles. The van der Waals surface area contributed by atoms with Crippen LogP contribution in [-0.2, 0) is 17.8 Å². The number of aromatic nitrogens is 2. The Hall–Kier alpha value is -2.41. The fourth-order valence-electron chi connectivity index (χ4n) is 3.83. The van der Waals surface area contributed by atoms with Crippen molar-refractivity contribution >= 4 is 22.7 Å². The Balaban J connectivity index is 1.66. The van der Waals surface area contributed by atoms with E-state index >= 15 is 0 Å². The quantitative estimate of drug-likeness (QED) is 0.862. The Kier molecular flexibility index (Phi) is 4.17. The summed E-state index contributed by atoms with van der Waals surface area (Å²) < 4.78 is 0. The molecule has 3 N–H and O–H groups in total. The lowest BCUT2D eigenvalue weighted by Gasteiger charge is -2.24. The first-order valence-electron chi connectivity index (χ1n) is 8.76. The summed E-state index contributed by atoms with van der Waals surface area (Å²) in [7, 11) is 0. The number of nitrogens with two attached hydrogens (primary N) is 1. The van der Waals surface area contributed by atoms with E-state index in [-0.39, 0.29) is 11.6 Å². The van der Waals surface area contributed by atoms with E-state index in [9.17, 15) is 9.59 Å². The topological polar surface area (TPSA) is 95.3 Å². The average Bonchev–Trinajstić information content (AvgIpc) is 3.23. The van der Waals surface area contributed by atoms with Crippen molar-refractivity contribution < 1.29 is 9.59 Å². The second kappa shape index (κ2) is 6.48. The molecular formula is C18H22N5O2. The number of fused-ring (bicyclic) bond motifs is 3. The molecule has 0 atom stereocenters. The third kappa shape index (κ3) is 3.00. The highest BCUT2D eigenvalue weighted by Gasteiger charge is 2.26. The molecule has 3 heterocycles. The van der Waals surface area contributed by atoms with Crippen LogP contribution in [0, 0.1) is 6.42 Å². The third-order valence-electron chi connectivity index (χ3n) is 5.21. The van der Waals surface area contributed by atoms with E-state index < -0.39 is 5.91 Å². The third-order valence-corrected chi connectivity index (χ3v) is 5.21. The van der Waals surface area contributed by atoms with Crippen LogP contribution in [0.25, 0.3) is 10.9 Å². The van der Waals surface area contributed by atoms with E-state index in [4.69, 9.17) is 5.73 Å². The van der Waals surface area contributed by atoms with Crippen LogP contribution in [-0.4, -0.2) is 58.0 Å². The van der Waals surface area contributed by atoms with Crippen LogP contribution >= 0.6 is 0 Å². The second-order valence-electron chi connectivity index (χ2n) is 6.78. The Morgan fingerprint density at radius 1 is 1.24 bits per heavy atom. The highest BCUT2D eigenvalue weighted by molar-refractivity contribution is 6.05. The molecule has 7 heteroatoms. The largest absolute Gasteiger partial charge is 0.364 e. The Bertz CT molecular complexity index is 822. The summed E-state index contributed by atoms with van der Waals surface area (Å²) in [4.78, 5) is 28.5. The fraction of sp³-hybridized carbons (Fsp3) is 0.444. The molecule has 25 heavy (non-hydrogen) atoms. The predicted molar refractivity (Wildman–Crippen MR) is 93.7 cm³/mol. The molecule has 2 amide bonds. The molecule has 131 valence electrons. The Labute approximate surface area is 146 Å². The van der Waals surface area contributed by atoms with Gasteiger partial charge in [0.1, 0.15) is 0 Å². The summed E-state index contributed by atoms with van der Waals surface area (Å²) in [6.45, 7) is 4.28. The first-order valence-corrected chi connectivity index (χ1v) is 8.76. The minimum Gasteiger partial charge on any atom is -0.364 e. The minimum atomic E-state index is -0.553. The number of H-pyrrole nitrogens is 1. The molecule has 0 unspecified atom stereocenters. The zero-order valence-corrected chi connectivity index (χ0v) is 14.1. The van der Waals surface area contributed by atoms with Gasteiger partial charge in [-0.25, -0.2) is 0 Å². The molecule has 1 saturated heterocycles. The van der Waals surface area contributed by atoms with Crippen molar-refractivity contribution in [3.8, 4) is 0 Å². The highest BCUT2D eigenvalue weighted by Crippen LogP contribution is 2.28. The smallest absolute Gasteiger partial charge is 0.269 e. The number of amides is 2. The number of rotatable bonds is 4. The predicted octanol–water partition coefficient (Wildman–Crippen LogP) is 0.847. The minimum absolute atomic E-state index is 0.0488. The molecule has 7 nitrogen and oxygen atoms in total. The molecule has 1 aromatic heterocycles. The number of nitrogens with zero attached hydrogens (tertiary/aromatic N) is 3. The zero-order chi connectivity index (χ0) is 17.4. The zero-order valence-electron chi connectivity index (χ0n) is 14.1. The molecule has 0 saturated carbocycles. The number of hydrogen-bond acceptors (Lipinski definition) is 4. The van der Waals surface area contributed by atoms with Crippen molar-refractivity contribution in [1.29, 1.82) is 0 Å². The van der Waals surface area contributed by atoms with Gasteiger partial charge in [0.2, 0.25) is 5.91 Å². The number of likely N-dealkylation sites (tertiary alicyclic amines) is 1. The summed E-state index contributed by atoms with van der Waals surface area (Å²) in [5.74, 6) is -0.504. The first-order chi connectivity index (χ1) is 12.1. The lowest BCUT2D eigenvalue weighted by atomic mass is 9.98. The van der Waals surface area contributed by atoms with Gasteiger partial charge in [-0.15, -0.1) is 0 Å². The maximum atomic E-state index is 12.5. The van der Waals surface area contributed by atoms with Crippen LogP contribution in [0.2, 0.25) is 0 Å². The summed E-state index contributed by atoms with van der Waals surface area (Å²) in [5, 5.41) is 7.68. The van der Waals surface area contributed by atoms with E-state index in [2.05, 4.69) is 15.1 Å². The van der Waals surface area contributed by atoms with E-state index in [1.165, 1.54) is 12.8 Å². The number of nitrogens with one attached hydrogen (secondary N) is 1. The lowest BCUT2D eigenvalue weighted by molar-refractivity contribution is -0.128. The van der Waals surface area contributed by atoms with Gasteiger partial charge in [-0.05, 0) is 49.5 Å². The molecule has 0 spiro atoms. The van der Waals surface area contributed by atoms with Gasteiger partial charge in [0.25, 0.3) is 5.91 Å². The molecule has 2 aliphatic rings. The van der Waals surface area contributed by atoms with Crippen molar-refractivity contribution in [2.45, 2.75) is 25.8 Å². The van der Waals surface area contributed by atoms with Crippen LogP contribution in [0.4, 0.5) is 0 Å². The number of hydrogen-bond donors (Lipinski definition) is 2. The van der Waals surface area contributed by atoms with Crippen molar-refractivity contribution in [3.05, 3.63) is 35.4 Å². The highest BCUT2D eigenvalue weighted by atomic mass is 16.2. The summed E-state index contributed by atoms with van der Waals surface area (Å²) in [6.07, 6.45) is 4.76. The summed E-state index contributed by atoms with van der Waals surface area (Å²) in [6, 6.07) is 3.89. The summed E-state index contributed by atoms with van der Waals surface area (Å²) >= 11 is 0. The second-order valence-corrected chi connectivity index (χ2v) is 6.78. The molecule has 1 radical (unpaired) electrons. The maximum Gasteiger partial charge on any atom is 0.269 e. The Morgan fingerprint density at radius 2 is 2.04 bits per heavy atom. The maximum absolute atomic E-state index is 12.5. The van der Waals surface area contributed by atoms with E-state index in [0.29, 0.717) is 19.5 Å². The molecule has 1 aromatic carbocycles. The first kappa shape index (κ1) is 16.1. The number of primary amides is 1. The van der Waals surface area contributed by atoms with E-state index in [1.54, 1.807) is 6.42 Å². The van der Waals surface area contributed by atoms with Gasteiger partial charge in [0.15, 0.2) is 5.69 Å². The molecule has 0 aliphatic carbocycles. The lowest BCUT2D eigenvalue weighted by Crippen LogP contribution is -2.37. The van der Waals surface area contributed by atoms with E-state index in [1.807, 2.05) is 17.0 Å². The monoisotopic (exact) mass is 340 g/mol. The average molecular weight is 340 g/mol. The van der Waals surface area contributed by atoms with E-state index in [0.717, 1.165) is 41.7 Å². The van der Waals surface area contributed by atoms with Gasteiger partial charge >= 0.3 is 0 Å². The Morgan fingerprint density at radius 3 is 2.80 bits per heavy atom. The molecule has 0 bridgehead atoms. The normalized spacial score (nSPS) is 18.6. The van der Waals surface area contributed by atoms with Crippen molar-refractivity contribution in [1.82, 2.24) is 20.0 Å². The molecular weight excluding hydrogens is 318 g/mol. The standard InChI is InChI=1S/C18H22N5O2/c19-18(25)17-16-13-11-23(10-9-22-7-1-2-8-22)15(24)6-4-12(13)3-5-14(16)20-21-17/h3,5-6H,1-2,4,7-11H2,(H2,19,25)(H,20,21). The van der Waals surface area contributed by atoms with Gasteiger partial charge < -0.3 is 15.5 Å². The van der Waals surface area contributed by atoms with Crippen LogP contribution in [0.3, 0.4) is 0 Å². The van der Waals surface area contributed by atoms with Gasteiger partial charge in [-0.3, -0.25) is 14.7 Å². The number of benzene rings is 1. The molecule has 1 fully saturated rings. The van der Waals surface area contributed by atoms with Gasteiger partial charge in [-0.2, -0.15) is 5.10 Å². The molecule has 2 aromatic rings. The fourth-order valence-corrected chi connectivity index (χ4v) is 3.83.